The molecule has 1 aliphatic carbocycles. The Morgan fingerprint density at radius 3 is 2.16 bits per heavy atom. The Kier molecular flexibility index (Phi) is 7.00. The standard InChI is InChI=1S/C32H32N4O6S2/c1-22-3-7-25(8-4-22)43(37,38)36-29-13-14-33-19-28(29)27-11-12-30(34-31(27)36)35-20-32(21-35)17-24(18-32)41-15-16-42-44(39,40)26-9-5-23(2)6-10-26/h3-14,19,24H,15-18,20-21H2,1-2H3. The highest BCUT2D eigenvalue weighted by Crippen LogP contribution is 2.50. The van der Waals surface area contributed by atoms with Gasteiger partial charge in [-0.15, -0.1) is 0 Å². The number of aryl methyl sites for hydroxylation is 2. The maximum Gasteiger partial charge on any atom is 0.297 e. The smallest absolute Gasteiger partial charge is 0.297 e. The predicted octanol–water partition coefficient (Wildman–Crippen LogP) is 4.83. The minimum atomic E-state index is -3.92. The molecule has 5 aromatic rings. The SMILES string of the molecule is Cc1ccc(S(=O)(=O)OCCOC2CC3(C2)CN(c2ccc4c5cnccc5n(S(=O)(=O)c5ccc(C)cc5)c4n2)C3)cc1. The van der Waals surface area contributed by atoms with Crippen LogP contribution in [0.4, 0.5) is 5.82 Å². The number of hydrogen-bond donors (Lipinski definition) is 0. The second kappa shape index (κ2) is 10.7. The lowest BCUT2D eigenvalue weighted by Crippen LogP contribution is -2.64. The molecule has 1 saturated heterocycles. The van der Waals surface area contributed by atoms with Crippen LogP contribution in [-0.4, -0.2) is 63.2 Å². The van der Waals surface area contributed by atoms with Gasteiger partial charge in [0, 0.05) is 41.7 Å². The molecule has 1 saturated carbocycles. The topological polar surface area (TPSA) is 121 Å². The Morgan fingerprint density at radius 1 is 0.818 bits per heavy atom. The average Bonchev–Trinajstić information content (AvgIpc) is 3.30. The third-order valence-electron chi connectivity index (χ3n) is 8.60. The summed E-state index contributed by atoms with van der Waals surface area (Å²) < 4.78 is 64.9. The number of pyridine rings is 2. The lowest BCUT2D eigenvalue weighted by atomic mass is 9.62. The summed E-state index contributed by atoms with van der Waals surface area (Å²) in [6, 6.07) is 18.9. The molecule has 2 aromatic carbocycles. The summed E-state index contributed by atoms with van der Waals surface area (Å²) >= 11 is 0. The highest BCUT2D eigenvalue weighted by molar-refractivity contribution is 7.90. The third-order valence-corrected chi connectivity index (χ3v) is 11.6. The van der Waals surface area contributed by atoms with Crippen LogP contribution >= 0.6 is 0 Å². The zero-order chi connectivity index (χ0) is 30.7. The number of aromatic nitrogens is 3. The van der Waals surface area contributed by atoms with Crippen molar-refractivity contribution in [1.29, 1.82) is 0 Å². The summed E-state index contributed by atoms with van der Waals surface area (Å²) in [5.41, 5.74) is 2.98. The molecule has 0 radical (unpaired) electrons. The summed E-state index contributed by atoms with van der Waals surface area (Å²) in [5.74, 6) is 0.721. The Labute approximate surface area is 256 Å². The minimum absolute atomic E-state index is 0.0369. The number of fused-ring (bicyclic) bond motifs is 3. The Hall–Kier alpha value is -3.84. The van der Waals surface area contributed by atoms with E-state index in [-0.39, 0.29) is 34.5 Å². The number of benzene rings is 2. The molecule has 2 fully saturated rings. The van der Waals surface area contributed by atoms with Crippen LogP contribution in [0, 0.1) is 19.3 Å². The number of nitrogens with zero attached hydrogens (tertiary/aromatic N) is 4. The van der Waals surface area contributed by atoms with Gasteiger partial charge in [-0.1, -0.05) is 35.4 Å². The van der Waals surface area contributed by atoms with Gasteiger partial charge in [0.1, 0.15) is 5.82 Å². The fraction of sp³-hybridized carbons (Fsp3) is 0.312. The van der Waals surface area contributed by atoms with E-state index in [2.05, 4.69) is 9.88 Å². The van der Waals surface area contributed by atoms with Crippen molar-refractivity contribution in [3.8, 4) is 0 Å². The van der Waals surface area contributed by atoms with E-state index >= 15 is 0 Å². The van der Waals surface area contributed by atoms with E-state index in [0.29, 0.717) is 11.2 Å². The van der Waals surface area contributed by atoms with Gasteiger partial charge in [0.25, 0.3) is 20.1 Å². The second-order valence-corrected chi connectivity index (χ2v) is 15.3. The highest BCUT2D eigenvalue weighted by Gasteiger charge is 2.53. The van der Waals surface area contributed by atoms with Crippen molar-refractivity contribution in [3.63, 3.8) is 0 Å². The molecule has 0 bridgehead atoms. The summed E-state index contributed by atoms with van der Waals surface area (Å²) in [6.45, 7) is 5.55. The van der Waals surface area contributed by atoms with Crippen LogP contribution in [0.5, 0.6) is 0 Å². The quantitative estimate of drug-likeness (QED) is 0.166. The molecule has 4 heterocycles. The summed E-state index contributed by atoms with van der Waals surface area (Å²) in [4.78, 5) is 11.6. The average molecular weight is 633 g/mol. The molecule has 3 aromatic heterocycles. The lowest BCUT2D eigenvalue weighted by Gasteiger charge is -2.59. The summed E-state index contributed by atoms with van der Waals surface area (Å²) in [6.07, 6.45) is 5.05. The largest absolute Gasteiger partial charge is 0.376 e. The van der Waals surface area contributed by atoms with Gasteiger partial charge < -0.3 is 9.64 Å². The Bertz CT molecular complexity index is 2080. The van der Waals surface area contributed by atoms with E-state index in [1.807, 2.05) is 26.0 Å². The van der Waals surface area contributed by atoms with E-state index < -0.39 is 20.1 Å². The molecule has 0 amide bonds. The van der Waals surface area contributed by atoms with Crippen molar-refractivity contribution in [2.45, 2.75) is 42.6 Å². The Balaban J connectivity index is 1.01. The van der Waals surface area contributed by atoms with Crippen LogP contribution in [0.1, 0.15) is 24.0 Å². The number of rotatable bonds is 9. The van der Waals surface area contributed by atoms with Gasteiger partial charge in [0.2, 0.25) is 0 Å². The van der Waals surface area contributed by atoms with E-state index in [0.717, 1.165) is 53.6 Å². The van der Waals surface area contributed by atoms with Crippen LogP contribution in [0.25, 0.3) is 21.9 Å². The van der Waals surface area contributed by atoms with Crippen LogP contribution in [0.15, 0.2) is 88.9 Å². The molecule has 10 nitrogen and oxygen atoms in total. The fourth-order valence-electron chi connectivity index (χ4n) is 6.26. The molecule has 12 heteroatoms. The molecule has 7 rings (SSSR count). The van der Waals surface area contributed by atoms with Gasteiger partial charge in [-0.3, -0.25) is 9.17 Å². The van der Waals surface area contributed by atoms with Crippen LogP contribution in [0.3, 0.4) is 0 Å². The van der Waals surface area contributed by atoms with Gasteiger partial charge in [0.15, 0.2) is 5.65 Å². The first-order valence-electron chi connectivity index (χ1n) is 14.4. The highest BCUT2D eigenvalue weighted by atomic mass is 32.2. The van der Waals surface area contributed by atoms with Gasteiger partial charge in [-0.05, 0) is 69.2 Å². The van der Waals surface area contributed by atoms with E-state index in [1.165, 1.54) is 16.1 Å². The number of hydrogen-bond acceptors (Lipinski definition) is 9. The van der Waals surface area contributed by atoms with Crippen molar-refractivity contribution in [1.82, 2.24) is 13.9 Å². The molecule has 1 aliphatic heterocycles. The van der Waals surface area contributed by atoms with Crippen LogP contribution in [0.2, 0.25) is 0 Å². The maximum absolute atomic E-state index is 13.9. The van der Waals surface area contributed by atoms with Crippen molar-refractivity contribution in [2.24, 2.45) is 5.41 Å². The normalized spacial score (nSPS) is 16.8. The molecule has 44 heavy (non-hydrogen) atoms. The van der Waals surface area contributed by atoms with E-state index in [1.54, 1.807) is 54.9 Å². The van der Waals surface area contributed by atoms with Gasteiger partial charge in [-0.25, -0.2) is 17.4 Å². The van der Waals surface area contributed by atoms with Crippen molar-refractivity contribution in [2.75, 3.05) is 31.2 Å². The van der Waals surface area contributed by atoms with Crippen molar-refractivity contribution in [3.05, 3.63) is 90.3 Å². The minimum Gasteiger partial charge on any atom is -0.376 e. The second-order valence-electron chi connectivity index (χ2n) is 11.9. The predicted molar refractivity (Wildman–Crippen MR) is 167 cm³/mol. The van der Waals surface area contributed by atoms with Gasteiger partial charge >= 0.3 is 0 Å². The van der Waals surface area contributed by atoms with Gasteiger partial charge in [0.05, 0.1) is 34.6 Å². The third kappa shape index (κ3) is 5.05. The summed E-state index contributed by atoms with van der Waals surface area (Å²) in [7, 11) is -7.72. The molecule has 0 unspecified atom stereocenters. The lowest BCUT2D eigenvalue weighted by molar-refractivity contribution is -0.0974. The van der Waals surface area contributed by atoms with Gasteiger partial charge in [-0.2, -0.15) is 8.42 Å². The molecule has 228 valence electrons. The monoisotopic (exact) mass is 632 g/mol. The number of ether oxygens (including phenoxy) is 1. The first-order chi connectivity index (χ1) is 21.0. The maximum atomic E-state index is 13.9. The van der Waals surface area contributed by atoms with E-state index in [9.17, 15) is 16.8 Å². The van der Waals surface area contributed by atoms with Crippen LogP contribution in [-0.2, 0) is 29.1 Å². The summed E-state index contributed by atoms with van der Waals surface area (Å²) in [5, 5.41) is 1.46. The molecule has 1 spiro atoms. The molecule has 0 N–H and O–H groups in total. The first kappa shape index (κ1) is 28.9. The first-order valence-corrected chi connectivity index (χ1v) is 17.3. The molecular weight excluding hydrogens is 601 g/mol. The fourth-order valence-corrected chi connectivity index (χ4v) is 8.63. The van der Waals surface area contributed by atoms with Crippen molar-refractivity contribution < 1.29 is 25.8 Å². The molecule has 0 atom stereocenters. The number of anilines is 1. The zero-order valence-corrected chi connectivity index (χ0v) is 26.0. The molecular formula is C32H32N4O6S2. The zero-order valence-electron chi connectivity index (χ0n) is 24.4. The Morgan fingerprint density at radius 2 is 1.48 bits per heavy atom. The van der Waals surface area contributed by atoms with Crippen LogP contribution < -0.4 is 4.90 Å². The van der Waals surface area contributed by atoms with E-state index in [4.69, 9.17) is 13.9 Å². The van der Waals surface area contributed by atoms with Crippen molar-refractivity contribution >= 4 is 47.9 Å². The molecule has 2 aliphatic rings.